The third-order valence-electron chi connectivity index (χ3n) is 3.36. The number of ketones is 2. The van der Waals surface area contributed by atoms with Crippen molar-refractivity contribution < 1.29 is 27.6 Å². The lowest BCUT2D eigenvalue weighted by Gasteiger charge is -2.12. The number of carbonyl (C=O) groups is 2. The van der Waals surface area contributed by atoms with Gasteiger partial charge in [0.1, 0.15) is 0 Å². The van der Waals surface area contributed by atoms with E-state index in [-0.39, 0.29) is 34.4 Å². The van der Waals surface area contributed by atoms with Crippen molar-refractivity contribution in [3.8, 4) is 0 Å². The minimum absolute atomic E-state index is 0.00684. The van der Waals surface area contributed by atoms with Crippen LogP contribution < -0.4 is 0 Å². The number of benzene rings is 1. The van der Waals surface area contributed by atoms with E-state index in [4.69, 9.17) is 18.0 Å². The molecule has 0 unspecified atom stereocenters. The third kappa shape index (κ3) is 2.61. The second-order valence-corrected chi connectivity index (χ2v) is 6.02. The zero-order chi connectivity index (χ0) is 16.6. The van der Waals surface area contributed by atoms with Crippen LogP contribution in [0.2, 0.25) is 0 Å². The lowest BCUT2D eigenvalue weighted by Crippen LogP contribution is -2.18. The fourth-order valence-corrected chi connectivity index (χ4v) is 2.86. The summed E-state index contributed by atoms with van der Waals surface area (Å²) in [5.74, 6) is -0.300. The van der Waals surface area contributed by atoms with Crippen molar-refractivity contribution in [2.24, 2.45) is 0 Å². The van der Waals surface area contributed by atoms with Crippen LogP contribution in [0, 0.1) is 0 Å². The standard InChI is InChI=1S/C16H13O6P/c1-9(22-23(19-2)20-3)13-8-12-14(17)10-6-4-5-7-11(10)15(18)16(12)21-13/h4-8H,1H2,2-3H3. The van der Waals surface area contributed by atoms with E-state index in [9.17, 15) is 9.59 Å². The highest BCUT2D eigenvalue weighted by molar-refractivity contribution is 7.42. The zero-order valence-electron chi connectivity index (χ0n) is 12.5. The molecule has 1 heterocycles. The maximum absolute atomic E-state index is 12.5. The summed E-state index contributed by atoms with van der Waals surface area (Å²) in [5, 5.41) is 0. The molecule has 1 aliphatic carbocycles. The van der Waals surface area contributed by atoms with Gasteiger partial charge >= 0.3 is 8.60 Å². The van der Waals surface area contributed by atoms with E-state index in [0.717, 1.165) is 0 Å². The minimum Gasteiger partial charge on any atom is -0.449 e. The molecular weight excluding hydrogens is 319 g/mol. The van der Waals surface area contributed by atoms with Crippen LogP contribution in [-0.4, -0.2) is 25.8 Å². The molecule has 1 aromatic heterocycles. The summed E-state index contributed by atoms with van der Waals surface area (Å²) < 4.78 is 20.8. The fourth-order valence-electron chi connectivity index (χ4n) is 2.30. The molecule has 2 aromatic rings. The topological polar surface area (TPSA) is 75.0 Å². The predicted molar refractivity (Wildman–Crippen MR) is 83.1 cm³/mol. The predicted octanol–water partition coefficient (Wildman–Crippen LogP) is 3.56. The van der Waals surface area contributed by atoms with Crippen LogP contribution in [0.3, 0.4) is 0 Å². The van der Waals surface area contributed by atoms with Crippen molar-refractivity contribution >= 4 is 25.9 Å². The van der Waals surface area contributed by atoms with Crippen LogP contribution >= 0.6 is 8.60 Å². The molecule has 7 heteroatoms. The van der Waals surface area contributed by atoms with Gasteiger partial charge in [0.25, 0.3) is 0 Å². The molecule has 0 atom stereocenters. The van der Waals surface area contributed by atoms with Gasteiger partial charge in [-0.05, 0) is 6.07 Å². The van der Waals surface area contributed by atoms with Gasteiger partial charge in [-0.2, -0.15) is 0 Å². The van der Waals surface area contributed by atoms with E-state index in [2.05, 4.69) is 6.58 Å². The molecule has 1 aliphatic rings. The summed E-state index contributed by atoms with van der Waals surface area (Å²) in [5.41, 5.74) is 0.890. The molecule has 0 aliphatic heterocycles. The molecule has 23 heavy (non-hydrogen) atoms. The molecule has 0 N–H and O–H groups in total. The maximum Gasteiger partial charge on any atom is 0.396 e. The first-order valence-corrected chi connectivity index (χ1v) is 7.74. The molecule has 0 fully saturated rings. The Balaban J connectivity index is 1.97. The van der Waals surface area contributed by atoms with E-state index in [1.54, 1.807) is 24.3 Å². The number of hydrogen-bond donors (Lipinski definition) is 0. The highest BCUT2D eigenvalue weighted by atomic mass is 31.2. The summed E-state index contributed by atoms with van der Waals surface area (Å²) >= 11 is 0. The van der Waals surface area contributed by atoms with Crippen molar-refractivity contribution in [1.29, 1.82) is 0 Å². The van der Waals surface area contributed by atoms with E-state index in [1.807, 2.05) is 0 Å². The summed E-state index contributed by atoms with van der Waals surface area (Å²) in [6, 6.07) is 8.08. The largest absolute Gasteiger partial charge is 0.449 e. The molecule has 1 aromatic carbocycles. The van der Waals surface area contributed by atoms with Gasteiger partial charge in [-0.1, -0.05) is 30.8 Å². The Morgan fingerprint density at radius 3 is 2.26 bits per heavy atom. The van der Waals surface area contributed by atoms with Gasteiger partial charge in [0.15, 0.2) is 23.1 Å². The molecular formula is C16H13O6P. The van der Waals surface area contributed by atoms with E-state index in [1.165, 1.54) is 20.3 Å². The molecule has 0 spiro atoms. The van der Waals surface area contributed by atoms with Crippen LogP contribution in [0.15, 0.2) is 41.3 Å². The Morgan fingerprint density at radius 2 is 1.65 bits per heavy atom. The maximum atomic E-state index is 12.5. The molecule has 0 bridgehead atoms. The summed E-state index contributed by atoms with van der Waals surface area (Å²) in [4.78, 5) is 25.0. The zero-order valence-corrected chi connectivity index (χ0v) is 13.4. The Labute approximate surface area is 133 Å². The van der Waals surface area contributed by atoms with Crippen molar-refractivity contribution in [1.82, 2.24) is 0 Å². The fraction of sp³-hybridized carbons (Fsp3) is 0.125. The highest BCUT2D eigenvalue weighted by Gasteiger charge is 2.34. The van der Waals surface area contributed by atoms with Crippen molar-refractivity contribution in [2.45, 2.75) is 0 Å². The summed E-state index contributed by atoms with van der Waals surface area (Å²) in [6.45, 7) is 3.72. The lowest BCUT2D eigenvalue weighted by molar-refractivity contribution is 0.0960. The highest BCUT2D eigenvalue weighted by Crippen LogP contribution is 2.43. The van der Waals surface area contributed by atoms with Gasteiger partial charge in [-0.25, -0.2) is 0 Å². The van der Waals surface area contributed by atoms with Gasteiger partial charge in [0.05, 0.1) is 5.56 Å². The summed E-state index contributed by atoms with van der Waals surface area (Å²) in [7, 11) is 1.25. The van der Waals surface area contributed by atoms with Crippen LogP contribution in [-0.2, 0) is 13.6 Å². The monoisotopic (exact) mass is 332 g/mol. The van der Waals surface area contributed by atoms with Gasteiger partial charge in [0.2, 0.25) is 5.78 Å². The number of furan rings is 1. The average molecular weight is 332 g/mol. The first-order valence-electron chi connectivity index (χ1n) is 6.64. The molecule has 0 saturated carbocycles. The Morgan fingerprint density at radius 1 is 1.04 bits per heavy atom. The second-order valence-electron chi connectivity index (χ2n) is 4.66. The van der Waals surface area contributed by atoms with E-state index >= 15 is 0 Å². The van der Waals surface area contributed by atoms with Gasteiger partial charge < -0.3 is 18.0 Å². The average Bonchev–Trinajstić information content (AvgIpc) is 3.03. The van der Waals surface area contributed by atoms with Crippen LogP contribution in [0.25, 0.3) is 5.76 Å². The van der Waals surface area contributed by atoms with E-state index in [0.29, 0.717) is 11.1 Å². The van der Waals surface area contributed by atoms with E-state index < -0.39 is 8.60 Å². The molecule has 118 valence electrons. The Bertz CT molecular complexity index is 750. The Hall–Kier alpha value is -2.27. The SMILES string of the molecule is C=C(OP(OC)OC)c1cc2c(o1)C(=O)c1ccccc1C2=O. The third-order valence-corrected chi connectivity index (χ3v) is 4.32. The van der Waals surface area contributed by atoms with Crippen molar-refractivity contribution in [3.63, 3.8) is 0 Å². The number of fused-ring (bicyclic) bond motifs is 2. The smallest absolute Gasteiger partial charge is 0.396 e. The van der Waals surface area contributed by atoms with Crippen molar-refractivity contribution in [2.75, 3.05) is 14.2 Å². The quantitative estimate of drug-likeness (QED) is 0.525. The normalized spacial score (nSPS) is 13.0. The first kappa shape index (κ1) is 15.6. The van der Waals surface area contributed by atoms with Crippen LogP contribution in [0.4, 0.5) is 0 Å². The minimum atomic E-state index is -1.61. The first-order chi connectivity index (χ1) is 11.1. The molecule has 0 amide bonds. The number of carbonyl (C=O) groups excluding carboxylic acids is 2. The van der Waals surface area contributed by atoms with Gasteiger partial charge in [-0.15, -0.1) is 0 Å². The molecule has 0 radical (unpaired) electrons. The summed E-state index contributed by atoms with van der Waals surface area (Å²) in [6.07, 6.45) is 0. The van der Waals surface area contributed by atoms with Crippen molar-refractivity contribution in [3.05, 3.63) is 65.1 Å². The lowest BCUT2D eigenvalue weighted by atomic mass is 9.89. The molecule has 0 saturated heterocycles. The molecule has 6 nitrogen and oxygen atoms in total. The van der Waals surface area contributed by atoms with Gasteiger partial charge in [-0.3, -0.25) is 9.59 Å². The van der Waals surface area contributed by atoms with Gasteiger partial charge in [0, 0.05) is 25.3 Å². The number of rotatable bonds is 5. The Kier molecular flexibility index (Phi) is 4.13. The van der Waals surface area contributed by atoms with Crippen LogP contribution in [0.1, 0.15) is 37.8 Å². The second kappa shape index (κ2) is 6.08. The van der Waals surface area contributed by atoms with Crippen LogP contribution in [0.5, 0.6) is 0 Å². The number of hydrogen-bond acceptors (Lipinski definition) is 6. The molecule has 3 rings (SSSR count).